The highest BCUT2D eigenvalue weighted by molar-refractivity contribution is 7.15. The summed E-state index contributed by atoms with van der Waals surface area (Å²) < 4.78 is 5.64. The number of thiazole rings is 1. The minimum absolute atomic E-state index is 0. The van der Waals surface area contributed by atoms with E-state index >= 15 is 0 Å². The summed E-state index contributed by atoms with van der Waals surface area (Å²) in [6.07, 6.45) is 1.81. The Morgan fingerprint density at radius 2 is 2.25 bits per heavy atom. The number of halogens is 2. The molecule has 0 saturated carbocycles. The Labute approximate surface area is 133 Å². The molecule has 0 unspecified atom stereocenters. The minimum Gasteiger partial charge on any atom is -0.492 e. The molecule has 0 aliphatic heterocycles. The van der Waals surface area contributed by atoms with E-state index in [-0.39, 0.29) is 12.4 Å². The van der Waals surface area contributed by atoms with E-state index in [4.69, 9.17) is 22.1 Å². The van der Waals surface area contributed by atoms with Gasteiger partial charge in [0, 0.05) is 29.2 Å². The summed E-state index contributed by atoms with van der Waals surface area (Å²) >= 11 is 7.40. The number of hydrogen-bond acceptors (Lipinski definition) is 5. The van der Waals surface area contributed by atoms with Gasteiger partial charge in [0.25, 0.3) is 0 Å². The fourth-order valence-electron chi connectivity index (χ4n) is 1.62. The first-order valence-corrected chi connectivity index (χ1v) is 7.10. The Kier molecular flexibility index (Phi) is 7.09. The molecule has 2 aromatic rings. The van der Waals surface area contributed by atoms with Crippen molar-refractivity contribution in [3.63, 3.8) is 0 Å². The predicted octanol–water partition coefficient (Wildman–Crippen LogP) is 3.31. The second kappa shape index (κ2) is 8.32. The number of anilines is 1. The zero-order valence-electron chi connectivity index (χ0n) is 11.1. The van der Waals surface area contributed by atoms with Crippen LogP contribution in [0.5, 0.6) is 5.75 Å². The highest BCUT2D eigenvalue weighted by atomic mass is 35.5. The molecule has 20 heavy (non-hydrogen) atoms. The maximum absolute atomic E-state index is 5.89. The molecule has 1 heterocycles. The molecule has 2 rings (SSSR count). The minimum atomic E-state index is 0. The lowest BCUT2D eigenvalue weighted by Gasteiger charge is -2.15. The van der Waals surface area contributed by atoms with Crippen molar-refractivity contribution < 1.29 is 4.74 Å². The van der Waals surface area contributed by atoms with Gasteiger partial charge in [-0.2, -0.15) is 0 Å². The van der Waals surface area contributed by atoms with Gasteiger partial charge in [0.05, 0.1) is 0 Å². The number of likely N-dealkylation sites (N-methyl/N-ethyl adjacent to an activating group) is 1. The molecule has 0 radical (unpaired) electrons. The van der Waals surface area contributed by atoms with Crippen molar-refractivity contribution in [3.05, 3.63) is 40.4 Å². The summed E-state index contributed by atoms with van der Waals surface area (Å²) in [6, 6.07) is 7.41. The van der Waals surface area contributed by atoms with Crippen LogP contribution in [0.2, 0.25) is 5.02 Å². The third-order valence-corrected chi connectivity index (χ3v) is 3.58. The second-order valence-corrected chi connectivity index (χ2v) is 5.79. The van der Waals surface area contributed by atoms with E-state index in [1.807, 2.05) is 37.5 Å². The predicted molar refractivity (Wildman–Crippen MR) is 87.1 cm³/mol. The summed E-state index contributed by atoms with van der Waals surface area (Å²) in [5.41, 5.74) is 5.60. The first kappa shape index (κ1) is 17.0. The van der Waals surface area contributed by atoms with Gasteiger partial charge in [-0.15, -0.1) is 23.7 Å². The number of nitrogens with two attached hydrogens (primary N) is 1. The van der Waals surface area contributed by atoms with Gasteiger partial charge < -0.3 is 10.5 Å². The fourth-order valence-corrected chi connectivity index (χ4v) is 2.56. The van der Waals surface area contributed by atoms with E-state index < -0.39 is 0 Å². The number of benzene rings is 1. The summed E-state index contributed by atoms with van der Waals surface area (Å²) in [7, 11) is 2.04. The lowest BCUT2D eigenvalue weighted by Crippen LogP contribution is -2.23. The van der Waals surface area contributed by atoms with Crippen molar-refractivity contribution in [2.24, 2.45) is 0 Å². The van der Waals surface area contributed by atoms with Crippen molar-refractivity contribution in [2.75, 3.05) is 25.9 Å². The molecule has 0 aliphatic carbocycles. The Morgan fingerprint density at radius 1 is 1.45 bits per heavy atom. The van der Waals surface area contributed by atoms with Crippen molar-refractivity contribution in [3.8, 4) is 5.75 Å². The molecule has 0 spiro atoms. The molecule has 0 bridgehead atoms. The van der Waals surface area contributed by atoms with Crippen LogP contribution in [0.4, 0.5) is 5.13 Å². The summed E-state index contributed by atoms with van der Waals surface area (Å²) in [5, 5.41) is 1.30. The maximum atomic E-state index is 5.89. The number of nitrogen functional groups attached to an aromatic ring is 1. The van der Waals surface area contributed by atoms with Gasteiger partial charge in [-0.25, -0.2) is 4.98 Å². The number of ether oxygens (including phenoxy) is 1. The van der Waals surface area contributed by atoms with Crippen molar-refractivity contribution >= 4 is 40.5 Å². The maximum Gasteiger partial charge on any atom is 0.180 e. The van der Waals surface area contributed by atoms with E-state index in [0.717, 1.165) is 23.7 Å². The monoisotopic (exact) mass is 333 g/mol. The van der Waals surface area contributed by atoms with Crippen LogP contribution < -0.4 is 10.5 Å². The Balaban J connectivity index is 0.00000200. The molecular weight excluding hydrogens is 317 g/mol. The highest BCUT2D eigenvalue weighted by Gasteiger charge is 2.04. The molecule has 0 aliphatic rings. The van der Waals surface area contributed by atoms with Crippen LogP contribution in [-0.2, 0) is 6.54 Å². The summed E-state index contributed by atoms with van der Waals surface area (Å²) in [4.78, 5) is 7.35. The van der Waals surface area contributed by atoms with Crippen molar-refractivity contribution in [1.82, 2.24) is 9.88 Å². The van der Waals surface area contributed by atoms with Crippen LogP contribution in [0.25, 0.3) is 0 Å². The van der Waals surface area contributed by atoms with Gasteiger partial charge in [-0.1, -0.05) is 17.7 Å². The molecule has 0 amide bonds. The van der Waals surface area contributed by atoms with Gasteiger partial charge >= 0.3 is 0 Å². The number of hydrogen-bond donors (Lipinski definition) is 1. The molecule has 0 saturated heterocycles. The van der Waals surface area contributed by atoms with Gasteiger partial charge in [0.15, 0.2) is 5.13 Å². The molecule has 0 fully saturated rings. The van der Waals surface area contributed by atoms with Crippen LogP contribution in [0.1, 0.15) is 4.88 Å². The average molecular weight is 334 g/mol. The molecule has 2 N–H and O–H groups in total. The van der Waals surface area contributed by atoms with Crippen LogP contribution in [0.3, 0.4) is 0 Å². The number of nitrogens with zero attached hydrogens (tertiary/aromatic N) is 2. The van der Waals surface area contributed by atoms with Gasteiger partial charge in [-0.05, 0) is 25.2 Å². The largest absolute Gasteiger partial charge is 0.492 e. The van der Waals surface area contributed by atoms with Crippen LogP contribution in [-0.4, -0.2) is 30.1 Å². The van der Waals surface area contributed by atoms with E-state index in [0.29, 0.717) is 16.8 Å². The van der Waals surface area contributed by atoms with E-state index in [1.54, 1.807) is 0 Å². The lowest BCUT2D eigenvalue weighted by atomic mass is 10.3. The third kappa shape index (κ3) is 5.54. The molecule has 0 atom stereocenters. The third-order valence-electron chi connectivity index (χ3n) is 2.54. The Bertz CT molecular complexity index is 536. The van der Waals surface area contributed by atoms with Gasteiger partial charge in [-0.3, -0.25) is 4.90 Å². The molecular formula is C13H17Cl2N3OS. The Hall–Kier alpha value is -1.01. The number of aromatic nitrogens is 1. The fraction of sp³-hybridized carbons (Fsp3) is 0.308. The molecule has 1 aromatic heterocycles. The first-order valence-electron chi connectivity index (χ1n) is 5.90. The van der Waals surface area contributed by atoms with Crippen LogP contribution >= 0.6 is 35.3 Å². The zero-order chi connectivity index (χ0) is 13.7. The summed E-state index contributed by atoms with van der Waals surface area (Å²) in [6.45, 7) is 2.27. The SMILES string of the molecule is CN(CCOc1cccc(Cl)c1)Cc1cnc(N)s1.Cl. The summed E-state index contributed by atoms with van der Waals surface area (Å²) in [5.74, 6) is 0.794. The van der Waals surface area contributed by atoms with Crippen molar-refractivity contribution in [2.45, 2.75) is 6.54 Å². The number of rotatable bonds is 6. The van der Waals surface area contributed by atoms with E-state index in [2.05, 4.69) is 9.88 Å². The second-order valence-electron chi connectivity index (χ2n) is 4.21. The van der Waals surface area contributed by atoms with E-state index in [1.165, 1.54) is 11.3 Å². The van der Waals surface area contributed by atoms with Gasteiger partial charge in [0.2, 0.25) is 0 Å². The smallest absolute Gasteiger partial charge is 0.180 e. The topological polar surface area (TPSA) is 51.4 Å². The standard InChI is InChI=1S/C13H16ClN3OS.ClH/c1-17(9-12-8-16-13(15)19-12)5-6-18-11-4-2-3-10(14)7-11;/h2-4,7-8H,5-6,9H2,1H3,(H2,15,16);1H. The Morgan fingerprint density at radius 3 is 2.90 bits per heavy atom. The quantitative estimate of drug-likeness (QED) is 0.881. The highest BCUT2D eigenvalue weighted by Crippen LogP contribution is 2.18. The average Bonchev–Trinajstić information content (AvgIpc) is 2.75. The first-order chi connectivity index (χ1) is 9.13. The molecule has 4 nitrogen and oxygen atoms in total. The van der Waals surface area contributed by atoms with Crippen molar-refractivity contribution in [1.29, 1.82) is 0 Å². The van der Waals surface area contributed by atoms with Gasteiger partial charge in [0.1, 0.15) is 12.4 Å². The van der Waals surface area contributed by atoms with E-state index in [9.17, 15) is 0 Å². The zero-order valence-corrected chi connectivity index (χ0v) is 13.5. The van der Waals surface area contributed by atoms with Crippen LogP contribution in [0, 0.1) is 0 Å². The lowest BCUT2D eigenvalue weighted by molar-refractivity contribution is 0.234. The molecule has 110 valence electrons. The molecule has 7 heteroatoms. The normalized spacial score (nSPS) is 10.3. The van der Waals surface area contributed by atoms with Crippen LogP contribution in [0.15, 0.2) is 30.5 Å². The molecule has 1 aromatic carbocycles.